The van der Waals surface area contributed by atoms with Crippen LogP contribution < -0.4 is 0 Å². The van der Waals surface area contributed by atoms with Gasteiger partial charge in [0.1, 0.15) is 0 Å². The Labute approximate surface area is 249 Å². The lowest BCUT2D eigenvalue weighted by Gasteiger charge is -2.41. The molecule has 0 spiro atoms. The average Bonchev–Trinajstić information content (AvgIpc) is 3.42. The van der Waals surface area contributed by atoms with Crippen molar-refractivity contribution in [1.82, 2.24) is 4.98 Å². The normalized spacial score (nSPS) is 20.4. The van der Waals surface area contributed by atoms with Gasteiger partial charge in [0.15, 0.2) is 0 Å². The summed E-state index contributed by atoms with van der Waals surface area (Å²) in [6.07, 6.45) is 3.16. The molecule has 0 fully saturated rings. The van der Waals surface area contributed by atoms with E-state index >= 15 is 0 Å². The van der Waals surface area contributed by atoms with E-state index in [2.05, 4.69) is 32.7 Å². The fourth-order valence-corrected chi connectivity index (χ4v) is 6.97. The zero-order valence-corrected chi connectivity index (χ0v) is 24.2. The second-order valence-electron chi connectivity index (χ2n) is 13.1. The molecule has 1 aliphatic carbocycles. The number of thiophene rings is 1. The van der Waals surface area contributed by atoms with Gasteiger partial charge in [-0.05, 0) is 86.8 Å². The van der Waals surface area contributed by atoms with E-state index in [4.69, 9.17) is 8.22 Å². The summed E-state index contributed by atoms with van der Waals surface area (Å²) in [5, 5.41) is 1.96. The third-order valence-corrected chi connectivity index (χ3v) is 9.40. The number of pyridine rings is 1. The maximum atomic E-state index is 9.58. The molecule has 0 atom stereocenters. The van der Waals surface area contributed by atoms with Crippen molar-refractivity contribution in [2.45, 2.75) is 77.6 Å². The van der Waals surface area contributed by atoms with Crippen molar-refractivity contribution in [3.05, 3.63) is 89.4 Å². The van der Waals surface area contributed by atoms with Gasteiger partial charge in [0.25, 0.3) is 0 Å². The predicted octanol–water partition coefficient (Wildman–Crippen LogP) is 11.1. The Morgan fingerprint density at radius 2 is 1.49 bits per heavy atom. The summed E-state index contributed by atoms with van der Waals surface area (Å²) in [4.78, 5) is 4.59. The van der Waals surface area contributed by atoms with Crippen molar-refractivity contribution in [2.75, 3.05) is 0 Å². The molecule has 0 aliphatic heterocycles. The molecule has 2 aromatic heterocycles. The Kier molecular flexibility index (Phi) is 3.37. The smallest absolute Gasteiger partial charge is 0.0709 e. The van der Waals surface area contributed by atoms with Crippen LogP contribution in [-0.4, -0.2) is 4.98 Å². The highest BCUT2D eigenvalue weighted by Gasteiger charge is 2.37. The van der Waals surface area contributed by atoms with Crippen LogP contribution in [0.2, 0.25) is 0 Å². The molecule has 2 heterocycles. The van der Waals surface area contributed by atoms with Crippen LogP contribution in [-0.2, 0) is 16.2 Å². The average molecular weight is 538 g/mol. The van der Waals surface area contributed by atoms with E-state index in [1.54, 1.807) is 0 Å². The van der Waals surface area contributed by atoms with Gasteiger partial charge in [-0.25, -0.2) is 0 Å². The lowest BCUT2D eigenvalue weighted by atomic mass is 9.63. The number of rotatable bonds is 1. The second-order valence-corrected chi connectivity index (χ2v) is 14.2. The van der Waals surface area contributed by atoms with Gasteiger partial charge in [0.05, 0.1) is 19.4 Å². The third kappa shape index (κ3) is 3.83. The van der Waals surface area contributed by atoms with E-state index in [0.717, 1.165) is 24.0 Å². The molecule has 0 saturated heterocycles. The first-order valence-electron chi connectivity index (χ1n) is 18.5. The van der Waals surface area contributed by atoms with Crippen molar-refractivity contribution in [2.24, 2.45) is 0 Å². The highest BCUT2D eigenvalue weighted by atomic mass is 32.1. The minimum Gasteiger partial charge on any atom is -0.256 e. The van der Waals surface area contributed by atoms with Gasteiger partial charge in [-0.3, -0.25) is 4.98 Å². The minimum atomic E-state index is -0.703. The van der Waals surface area contributed by atoms with Crippen LogP contribution in [0.25, 0.3) is 53.0 Å². The summed E-state index contributed by atoms with van der Waals surface area (Å²) >= 11 is 1.26. The van der Waals surface area contributed by atoms with Crippen LogP contribution in [0.15, 0.2) is 72.7 Å². The molecule has 6 aromatic rings. The molecule has 0 amide bonds. The molecule has 2 heteroatoms. The standard InChI is InChI=1S/C37H37NS/c1-35(2,3)29-17-24(16-22-10-8-9-11-25(22)29)32-19-27-23(21-38-32)12-13-26-28-18-30-31(20-33(28)39-34(26)27)37(6,7)15-14-36(30,4)5/h8-13,16-21H,14-15H2,1-7H3/i8D,9D,10D,11D,12D,13D,17D,18D,19D,20D. The molecular weight excluding hydrogens is 490 g/mol. The van der Waals surface area contributed by atoms with Crippen molar-refractivity contribution < 1.29 is 13.7 Å². The van der Waals surface area contributed by atoms with Crippen molar-refractivity contribution in [3.8, 4) is 11.3 Å². The van der Waals surface area contributed by atoms with Gasteiger partial charge in [-0.2, -0.15) is 0 Å². The van der Waals surface area contributed by atoms with E-state index in [1.165, 1.54) is 23.6 Å². The fraction of sp³-hybridized carbons (Fsp3) is 0.324. The lowest BCUT2D eigenvalue weighted by molar-refractivity contribution is 0.332. The van der Waals surface area contributed by atoms with Crippen LogP contribution in [0.3, 0.4) is 0 Å². The van der Waals surface area contributed by atoms with Crippen LogP contribution in [0.5, 0.6) is 0 Å². The van der Waals surface area contributed by atoms with Crippen LogP contribution in [0.4, 0.5) is 0 Å². The van der Waals surface area contributed by atoms with E-state index in [9.17, 15) is 5.48 Å². The molecule has 0 N–H and O–H groups in total. The highest BCUT2D eigenvalue weighted by Crippen LogP contribution is 2.49. The Bertz CT molecular complexity index is 2490. The largest absolute Gasteiger partial charge is 0.256 e. The first-order chi connectivity index (χ1) is 22.6. The number of hydrogen-bond donors (Lipinski definition) is 0. The van der Waals surface area contributed by atoms with Crippen LogP contribution >= 0.6 is 11.3 Å². The van der Waals surface area contributed by atoms with Gasteiger partial charge in [-0.15, -0.1) is 11.3 Å². The summed E-state index contributed by atoms with van der Waals surface area (Å²) in [6.45, 7) is 14.0. The summed E-state index contributed by atoms with van der Waals surface area (Å²) < 4.78 is 91.3. The summed E-state index contributed by atoms with van der Waals surface area (Å²) in [6, 6.07) is 0.580. The molecule has 4 aromatic carbocycles. The molecule has 7 rings (SSSR count). The summed E-state index contributed by atoms with van der Waals surface area (Å²) in [5.41, 5.74) is 1.02. The fourth-order valence-electron chi connectivity index (χ4n) is 5.83. The van der Waals surface area contributed by atoms with E-state index in [0.29, 0.717) is 37.2 Å². The number of aromatic nitrogens is 1. The van der Waals surface area contributed by atoms with Gasteiger partial charge in [-0.1, -0.05) is 84.7 Å². The first kappa shape index (κ1) is 16.1. The van der Waals surface area contributed by atoms with E-state index in [1.807, 2.05) is 20.8 Å². The molecule has 0 bridgehead atoms. The van der Waals surface area contributed by atoms with Crippen molar-refractivity contribution in [1.29, 1.82) is 0 Å². The third-order valence-electron chi connectivity index (χ3n) is 8.28. The highest BCUT2D eigenvalue weighted by molar-refractivity contribution is 7.26. The molecule has 39 heavy (non-hydrogen) atoms. The van der Waals surface area contributed by atoms with Crippen molar-refractivity contribution >= 4 is 53.1 Å². The Morgan fingerprint density at radius 3 is 2.23 bits per heavy atom. The lowest BCUT2D eigenvalue weighted by Crippen LogP contribution is -2.33. The number of fused-ring (bicyclic) bond motifs is 7. The zero-order chi connectivity index (χ0) is 36.0. The SMILES string of the molecule is [2H]c1c([2H])c([2H])c2c(C(C)(C)C)c([2H])c(-c3ncc4c([2H])c([2H])c5c(sc6c([2H])c7c(c([2H])c65)C(C)(C)CCC7(C)C)c4c3[2H])cc2c1[2H]. The Morgan fingerprint density at radius 1 is 0.769 bits per heavy atom. The quantitative estimate of drug-likeness (QED) is 0.203. The van der Waals surface area contributed by atoms with Crippen LogP contribution in [0.1, 0.15) is 91.7 Å². The molecule has 0 unspecified atom stereocenters. The number of nitrogens with zero attached hydrogens (tertiary/aromatic N) is 1. The topological polar surface area (TPSA) is 12.9 Å². The molecule has 0 radical (unpaired) electrons. The van der Waals surface area contributed by atoms with Gasteiger partial charge in [0, 0.05) is 42.7 Å². The first-order valence-corrected chi connectivity index (χ1v) is 14.3. The van der Waals surface area contributed by atoms with Gasteiger partial charge >= 0.3 is 0 Å². The molecule has 1 aliphatic rings. The van der Waals surface area contributed by atoms with E-state index in [-0.39, 0.29) is 92.6 Å². The number of benzene rings is 4. The van der Waals surface area contributed by atoms with E-state index < -0.39 is 5.41 Å². The zero-order valence-electron chi connectivity index (χ0n) is 33.4. The van der Waals surface area contributed by atoms with Gasteiger partial charge < -0.3 is 0 Å². The Balaban J connectivity index is 1.66. The predicted molar refractivity (Wildman–Crippen MR) is 172 cm³/mol. The molecule has 196 valence electrons. The molecule has 1 nitrogen and oxygen atoms in total. The van der Waals surface area contributed by atoms with Crippen LogP contribution in [0, 0.1) is 0 Å². The molecular formula is C37H37NS. The Hall–Kier alpha value is -3.23. The molecule has 0 saturated carbocycles. The second kappa shape index (κ2) is 8.15. The minimum absolute atomic E-state index is 0.000186. The summed E-state index contributed by atoms with van der Waals surface area (Å²) in [5.74, 6) is 0. The maximum absolute atomic E-state index is 9.58. The monoisotopic (exact) mass is 537 g/mol. The van der Waals surface area contributed by atoms with Gasteiger partial charge in [0.2, 0.25) is 0 Å². The van der Waals surface area contributed by atoms with Crippen molar-refractivity contribution in [3.63, 3.8) is 0 Å². The number of hydrogen-bond acceptors (Lipinski definition) is 2. The maximum Gasteiger partial charge on any atom is 0.0709 e. The summed E-state index contributed by atoms with van der Waals surface area (Å²) in [7, 11) is 0.